The van der Waals surface area contributed by atoms with Gasteiger partial charge in [-0.3, -0.25) is 0 Å². The summed E-state index contributed by atoms with van der Waals surface area (Å²) in [4.78, 5) is 12.0. The molecule has 5 heteroatoms. The van der Waals surface area contributed by atoms with Gasteiger partial charge in [-0.2, -0.15) is 5.10 Å². The van der Waals surface area contributed by atoms with E-state index in [0.717, 1.165) is 0 Å². The van der Waals surface area contributed by atoms with Gasteiger partial charge in [0.25, 0.3) is 0 Å². The molecule has 20 heavy (non-hydrogen) atoms. The zero-order valence-corrected chi connectivity index (χ0v) is 13.1. The average molecular weight is 280 g/mol. The second kappa shape index (κ2) is 7.12. The van der Waals surface area contributed by atoms with Crippen molar-refractivity contribution in [3.63, 3.8) is 0 Å². The first kappa shape index (κ1) is 16.3. The second-order valence-electron chi connectivity index (χ2n) is 5.45. The number of ether oxygens (including phenoxy) is 2. The van der Waals surface area contributed by atoms with Gasteiger partial charge in [0.1, 0.15) is 5.56 Å². The average Bonchev–Trinajstić information content (AvgIpc) is 2.67. The first-order valence-corrected chi connectivity index (χ1v) is 6.88. The maximum atomic E-state index is 12.0. The molecule has 0 unspecified atom stereocenters. The van der Waals surface area contributed by atoms with Crippen molar-refractivity contribution in [2.75, 3.05) is 0 Å². The normalized spacial score (nSPS) is 10.8. The number of rotatable bonds is 6. The number of esters is 1. The van der Waals surface area contributed by atoms with Crippen LogP contribution in [0.25, 0.3) is 0 Å². The third kappa shape index (κ3) is 4.72. The third-order valence-corrected chi connectivity index (χ3v) is 2.37. The topological polar surface area (TPSA) is 53.4 Å². The molecule has 0 atom stereocenters. The van der Waals surface area contributed by atoms with Crippen LogP contribution < -0.4 is 4.74 Å². The van der Waals surface area contributed by atoms with Crippen LogP contribution in [0.5, 0.6) is 5.88 Å². The summed E-state index contributed by atoms with van der Waals surface area (Å²) >= 11 is 0. The van der Waals surface area contributed by atoms with Crippen molar-refractivity contribution in [1.29, 1.82) is 0 Å². The summed E-state index contributed by atoms with van der Waals surface area (Å²) in [6.07, 6.45) is 3.32. The molecule has 0 aromatic carbocycles. The molecule has 1 aromatic heterocycles. The molecule has 0 aliphatic heterocycles. The standard InChI is InChI=1S/C15H24N2O3/c1-10(2)7-8-17-14(19-11(3)4)13(9-16-17)15(18)20-12(5)6/h7,9,11-12H,8H2,1-6H3. The number of allylic oxidation sites excluding steroid dienone is 2. The molecule has 0 radical (unpaired) electrons. The van der Waals surface area contributed by atoms with Gasteiger partial charge in [0.2, 0.25) is 5.88 Å². The van der Waals surface area contributed by atoms with Crippen LogP contribution in [0.3, 0.4) is 0 Å². The van der Waals surface area contributed by atoms with E-state index in [1.165, 1.54) is 11.8 Å². The quantitative estimate of drug-likeness (QED) is 0.593. The molecule has 0 saturated carbocycles. The highest BCUT2D eigenvalue weighted by Gasteiger charge is 2.21. The Bertz CT molecular complexity index is 483. The molecule has 112 valence electrons. The zero-order valence-electron chi connectivity index (χ0n) is 13.1. The maximum absolute atomic E-state index is 12.0. The van der Waals surface area contributed by atoms with E-state index in [2.05, 4.69) is 5.10 Å². The predicted octanol–water partition coefficient (Wildman–Crippen LogP) is 3.20. The fourth-order valence-corrected chi connectivity index (χ4v) is 1.54. The summed E-state index contributed by atoms with van der Waals surface area (Å²) in [5, 5.41) is 4.22. The highest BCUT2D eigenvalue weighted by atomic mass is 16.5. The fourth-order valence-electron chi connectivity index (χ4n) is 1.54. The van der Waals surface area contributed by atoms with E-state index >= 15 is 0 Å². The molecule has 1 aromatic rings. The minimum Gasteiger partial charge on any atom is -0.474 e. The van der Waals surface area contributed by atoms with Crippen molar-refractivity contribution in [1.82, 2.24) is 9.78 Å². The molecule has 0 fully saturated rings. The maximum Gasteiger partial charge on any atom is 0.345 e. The molecule has 0 aliphatic carbocycles. The molecule has 0 saturated heterocycles. The molecule has 0 bridgehead atoms. The van der Waals surface area contributed by atoms with E-state index < -0.39 is 5.97 Å². The van der Waals surface area contributed by atoms with Crippen molar-refractivity contribution in [2.24, 2.45) is 0 Å². The number of aromatic nitrogens is 2. The lowest BCUT2D eigenvalue weighted by atomic mass is 10.3. The van der Waals surface area contributed by atoms with Crippen molar-refractivity contribution in [2.45, 2.75) is 60.3 Å². The van der Waals surface area contributed by atoms with Gasteiger partial charge in [0.15, 0.2) is 0 Å². The van der Waals surface area contributed by atoms with Crippen molar-refractivity contribution >= 4 is 5.97 Å². The second-order valence-corrected chi connectivity index (χ2v) is 5.45. The Balaban J connectivity index is 3.05. The summed E-state index contributed by atoms with van der Waals surface area (Å²) < 4.78 is 12.6. The highest BCUT2D eigenvalue weighted by Crippen LogP contribution is 2.21. The Morgan fingerprint density at radius 3 is 2.45 bits per heavy atom. The molecule has 0 N–H and O–H groups in total. The Labute approximate surface area is 120 Å². The van der Waals surface area contributed by atoms with Gasteiger partial charge in [-0.05, 0) is 41.5 Å². The number of nitrogens with zero attached hydrogens (tertiary/aromatic N) is 2. The van der Waals surface area contributed by atoms with Crippen LogP contribution in [-0.2, 0) is 11.3 Å². The van der Waals surface area contributed by atoms with Crippen LogP contribution in [0.15, 0.2) is 17.8 Å². The Hall–Kier alpha value is -1.78. The lowest BCUT2D eigenvalue weighted by Crippen LogP contribution is -2.16. The number of carbonyl (C=O) groups is 1. The lowest BCUT2D eigenvalue weighted by molar-refractivity contribution is 0.0371. The SMILES string of the molecule is CC(C)=CCn1ncc(C(=O)OC(C)C)c1OC(C)C. The Morgan fingerprint density at radius 1 is 1.30 bits per heavy atom. The monoisotopic (exact) mass is 280 g/mol. The van der Waals surface area contributed by atoms with E-state index in [4.69, 9.17) is 9.47 Å². The van der Waals surface area contributed by atoms with Crippen molar-refractivity contribution < 1.29 is 14.3 Å². The van der Waals surface area contributed by atoms with Gasteiger partial charge in [-0.15, -0.1) is 0 Å². The molecule has 1 heterocycles. The third-order valence-electron chi connectivity index (χ3n) is 2.37. The largest absolute Gasteiger partial charge is 0.474 e. The molecule has 5 nitrogen and oxygen atoms in total. The smallest absolute Gasteiger partial charge is 0.345 e. The van der Waals surface area contributed by atoms with E-state index in [9.17, 15) is 4.79 Å². The molecule has 1 rings (SSSR count). The van der Waals surface area contributed by atoms with Gasteiger partial charge in [0.05, 0.1) is 24.9 Å². The number of hydrogen-bond donors (Lipinski definition) is 0. The first-order chi connectivity index (χ1) is 9.31. The van der Waals surface area contributed by atoms with Crippen LogP contribution in [-0.4, -0.2) is 28.0 Å². The summed E-state index contributed by atoms with van der Waals surface area (Å²) in [6, 6.07) is 0. The molecule has 0 aliphatic rings. The summed E-state index contributed by atoms with van der Waals surface area (Å²) in [5.41, 5.74) is 1.55. The van der Waals surface area contributed by atoms with Crippen LogP contribution >= 0.6 is 0 Å². The molecule has 0 amide bonds. The van der Waals surface area contributed by atoms with Crippen molar-refractivity contribution in [3.05, 3.63) is 23.4 Å². The predicted molar refractivity (Wildman–Crippen MR) is 78.0 cm³/mol. The van der Waals surface area contributed by atoms with E-state index in [1.807, 2.05) is 47.6 Å². The summed E-state index contributed by atoms with van der Waals surface area (Å²) in [6.45, 7) is 12.1. The fraction of sp³-hybridized carbons (Fsp3) is 0.600. The van der Waals surface area contributed by atoms with Crippen LogP contribution in [0.2, 0.25) is 0 Å². The Kier molecular flexibility index (Phi) is 5.80. The minimum atomic E-state index is -0.404. The van der Waals surface area contributed by atoms with Crippen LogP contribution in [0.4, 0.5) is 0 Å². The van der Waals surface area contributed by atoms with E-state index in [0.29, 0.717) is 18.0 Å². The van der Waals surface area contributed by atoms with Crippen LogP contribution in [0, 0.1) is 0 Å². The Morgan fingerprint density at radius 2 is 1.95 bits per heavy atom. The summed E-state index contributed by atoms with van der Waals surface area (Å²) in [5.74, 6) is 0.0576. The lowest BCUT2D eigenvalue weighted by Gasteiger charge is -2.13. The molecular weight excluding hydrogens is 256 g/mol. The zero-order chi connectivity index (χ0) is 15.3. The van der Waals surface area contributed by atoms with Gasteiger partial charge < -0.3 is 9.47 Å². The van der Waals surface area contributed by atoms with Crippen LogP contribution in [0.1, 0.15) is 51.9 Å². The van der Waals surface area contributed by atoms with Gasteiger partial charge >= 0.3 is 5.97 Å². The van der Waals surface area contributed by atoms with E-state index in [-0.39, 0.29) is 12.2 Å². The number of hydrogen-bond acceptors (Lipinski definition) is 4. The van der Waals surface area contributed by atoms with Gasteiger partial charge in [-0.1, -0.05) is 11.6 Å². The van der Waals surface area contributed by atoms with Gasteiger partial charge in [-0.25, -0.2) is 9.48 Å². The first-order valence-electron chi connectivity index (χ1n) is 6.88. The minimum absolute atomic E-state index is 0.0391. The highest BCUT2D eigenvalue weighted by molar-refractivity contribution is 5.91. The summed E-state index contributed by atoms with van der Waals surface area (Å²) in [7, 11) is 0. The van der Waals surface area contributed by atoms with Crippen molar-refractivity contribution in [3.8, 4) is 5.88 Å². The van der Waals surface area contributed by atoms with E-state index in [1.54, 1.807) is 4.68 Å². The number of carbonyl (C=O) groups excluding carboxylic acids is 1. The molecule has 0 spiro atoms. The molecular formula is C15H24N2O3. The van der Waals surface area contributed by atoms with Gasteiger partial charge in [0, 0.05) is 0 Å².